The van der Waals surface area contributed by atoms with E-state index in [0.717, 1.165) is 32.4 Å². The number of primary amides is 1. The molecule has 1 aliphatic heterocycles. The molecule has 1 fully saturated rings. The van der Waals surface area contributed by atoms with E-state index in [1.54, 1.807) is 0 Å². The summed E-state index contributed by atoms with van der Waals surface area (Å²) in [6, 6.07) is 0. The summed E-state index contributed by atoms with van der Waals surface area (Å²) < 4.78 is 0. The van der Waals surface area contributed by atoms with Crippen molar-refractivity contribution < 1.29 is 4.79 Å². The van der Waals surface area contributed by atoms with Crippen molar-refractivity contribution in [3.8, 4) is 0 Å². The fourth-order valence-corrected chi connectivity index (χ4v) is 2.94. The van der Waals surface area contributed by atoms with E-state index in [9.17, 15) is 4.79 Å². The minimum atomic E-state index is -0.138. The number of rotatable bonds is 4. The van der Waals surface area contributed by atoms with E-state index >= 15 is 0 Å². The summed E-state index contributed by atoms with van der Waals surface area (Å²) in [5.74, 6) is 0.498. The summed E-state index contributed by atoms with van der Waals surface area (Å²) in [6.45, 7) is 8.59. The Morgan fingerprint density at radius 2 is 2.00 bits per heavy atom. The van der Waals surface area contributed by atoms with Gasteiger partial charge in [0.05, 0.1) is 0 Å². The molecule has 88 valence electrons. The SMILES string of the molecule is CCC(C(N)=O)C(C)(C)C1CCNCC1. The van der Waals surface area contributed by atoms with E-state index in [4.69, 9.17) is 5.73 Å². The van der Waals surface area contributed by atoms with Gasteiger partial charge >= 0.3 is 0 Å². The number of hydrogen-bond acceptors (Lipinski definition) is 2. The lowest BCUT2D eigenvalue weighted by atomic mass is 9.65. The van der Waals surface area contributed by atoms with Crippen LogP contribution in [-0.2, 0) is 4.79 Å². The molecule has 3 N–H and O–H groups in total. The van der Waals surface area contributed by atoms with Gasteiger partial charge in [0.15, 0.2) is 0 Å². The van der Waals surface area contributed by atoms with Crippen LogP contribution in [0.4, 0.5) is 0 Å². The minimum Gasteiger partial charge on any atom is -0.369 e. The standard InChI is InChI=1S/C12H24N2O/c1-4-10(11(13)15)12(2,3)9-5-7-14-8-6-9/h9-10,14H,4-8H2,1-3H3,(H2,13,15). The van der Waals surface area contributed by atoms with Crippen LogP contribution in [0.5, 0.6) is 0 Å². The maximum absolute atomic E-state index is 11.4. The fraction of sp³-hybridized carbons (Fsp3) is 0.917. The third-order valence-corrected chi connectivity index (χ3v) is 4.04. The lowest BCUT2D eigenvalue weighted by Crippen LogP contribution is -2.44. The molecule has 1 heterocycles. The van der Waals surface area contributed by atoms with Crippen molar-refractivity contribution in [3.05, 3.63) is 0 Å². The largest absolute Gasteiger partial charge is 0.369 e. The Labute approximate surface area is 92.8 Å². The molecular weight excluding hydrogens is 188 g/mol. The molecule has 0 aliphatic carbocycles. The zero-order valence-electron chi connectivity index (χ0n) is 10.2. The number of carbonyl (C=O) groups excluding carboxylic acids is 1. The highest BCUT2D eigenvalue weighted by molar-refractivity contribution is 5.77. The fourth-order valence-electron chi connectivity index (χ4n) is 2.94. The molecule has 0 spiro atoms. The second kappa shape index (κ2) is 4.97. The Kier molecular flexibility index (Phi) is 4.14. The summed E-state index contributed by atoms with van der Waals surface area (Å²) in [6.07, 6.45) is 3.18. The van der Waals surface area contributed by atoms with E-state index in [-0.39, 0.29) is 17.2 Å². The van der Waals surface area contributed by atoms with Gasteiger partial charge in [-0.3, -0.25) is 4.79 Å². The Hall–Kier alpha value is -0.570. The molecule has 1 aliphatic rings. The van der Waals surface area contributed by atoms with Crippen molar-refractivity contribution in [1.29, 1.82) is 0 Å². The summed E-state index contributed by atoms with van der Waals surface area (Å²) in [5.41, 5.74) is 5.53. The van der Waals surface area contributed by atoms with Gasteiger partial charge in [0.25, 0.3) is 0 Å². The van der Waals surface area contributed by atoms with Crippen LogP contribution in [0.2, 0.25) is 0 Å². The number of nitrogens with two attached hydrogens (primary N) is 1. The van der Waals surface area contributed by atoms with Crippen molar-refractivity contribution in [3.63, 3.8) is 0 Å². The highest BCUT2D eigenvalue weighted by Crippen LogP contribution is 2.41. The van der Waals surface area contributed by atoms with Gasteiger partial charge in [0, 0.05) is 5.92 Å². The molecule has 1 atom stereocenters. The molecule has 0 bridgehead atoms. The van der Waals surface area contributed by atoms with E-state index in [2.05, 4.69) is 26.1 Å². The van der Waals surface area contributed by atoms with Gasteiger partial charge in [0.1, 0.15) is 0 Å². The van der Waals surface area contributed by atoms with Crippen LogP contribution in [-0.4, -0.2) is 19.0 Å². The summed E-state index contributed by atoms with van der Waals surface area (Å²) >= 11 is 0. The molecule has 0 aromatic carbocycles. The number of amides is 1. The molecule has 0 aromatic heterocycles. The third kappa shape index (κ3) is 2.71. The Bertz CT molecular complexity index is 220. The molecule has 3 nitrogen and oxygen atoms in total. The quantitative estimate of drug-likeness (QED) is 0.742. The van der Waals surface area contributed by atoms with E-state index in [0.29, 0.717) is 5.92 Å². The second-order valence-corrected chi connectivity index (χ2v) is 5.21. The zero-order valence-corrected chi connectivity index (χ0v) is 10.2. The zero-order chi connectivity index (χ0) is 11.5. The van der Waals surface area contributed by atoms with Gasteiger partial charge < -0.3 is 11.1 Å². The first kappa shape index (κ1) is 12.5. The van der Waals surface area contributed by atoms with Gasteiger partial charge in [-0.1, -0.05) is 20.8 Å². The van der Waals surface area contributed by atoms with Gasteiger partial charge in [-0.15, -0.1) is 0 Å². The molecular formula is C12H24N2O. The van der Waals surface area contributed by atoms with Crippen molar-refractivity contribution in [1.82, 2.24) is 5.32 Å². The summed E-state index contributed by atoms with van der Waals surface area (Å²) in [5, 5.41) is 3.36. The summed E-state index contributed by atoms with van der Waals surface area (Å²) in [4.78, 5) is 11.4. The molecule has 15 heavy (non-hydrogen) atoms. The van der Waals surface area contributed by atoms with Crippen LogP contribution in [0.1, 0.15) is 40.0 Å². The maximum atomic E-state index is 11.4. The Morgan fingerprint density at radius 1 is 1.47 bits per heavy atom. The highest BCUT2D eigenvalue weighted by Gasteiger charge is 2.39. The minimum absolute atomic E-state index is 0.0144. The van der Waals surface area contributed by atoms with E-state index < -0.39 is 0 Å². The number of piperidine rings is 1. The predicted molar refractivity (Wildman–Crippen MR) is 62.4 cm³/mol. The molecule has 0 radical (unpaired) electrons. The van der Waals surface area contributed by atoms with Crippen LogP contribution in [0.15, 0.2) is 0 Å². The normalized spacial score (nSPS) is 21.3. The van der Waals surface area contributed by atoms with Crippen molar-refractivity contribution in [2.75, 3.05) is 13.1 Å². The number of carbonyl (C=O) groups is 1. The predicted octanol–water partition coefficient (Wildman–Crippen LogP) is 1.52. The average Bonchev–Trinajstić information content (AvgIpc) is 2.19. The van der Waals surface area contributed by atoms with Crippen LogP contribution in [0.3, 0.4) is 0 Å². The Morgan fingerprint density at radius 3 is 2.40 bits per heavy atom. The van der Waals surface area contributed by atoms with Gasteiger partial charge in [-0.25, -0.2) is 0 Å². The smallest absolute Gasteiger partial charge is 0.221 e. The first-order valence-corrected chi connectivity index (χ1v) is 6.00. The van der Waals surface area contributed by atoms with E-state index in [1.165, 1.54) is 0 Å². The lowest BCUT2D eigenvalue weighted by molar-refractivity contribution is -0.127. The topological polar surface area (TPSA) is 55.1 Å². The highest BCUT2D eigenvalue weighted by atomic mass is 16.1. The van der Waals surface area contributed by atoms with E-state index in [1.807, 2.05) is 0 Å². The average molecular weight is 212 g/mol. The molecule has 1 amide bonds. The molecule has 1 saturated heterocycles. The van der Waals surface area contributed by atoms with Crippen molar-refractivity contribution >= 4 is 5.91 Å². The molecule has 0 aromatic rings. The van der Waals surface area contributed by atoms with Crippen LogP contribution in [0.25, 0.3) is 0 Å². The first-order valence-electron chi connectivity index (χ1n) is 6.00. The second-order valence-electron chi connectivity index (χ2n) is 5.21. The van der Waals surface area contributed by atoms with Crippen molar-refractivity contribution in [2.45, 2.75) is 40.0 Å². The molecule has 1 unspecified atom stereocenters. The molecule has 0 saturated carbocycles. The third-order valence-electron chi connectivity index (χ3n) is 4.04. The van der Waals surface area contributed by atoms with Gasteiger partial charge in [-0.2, -0.15) is 0 Å². The summed E-state index contributed by atoms with van der Waals surface area (Å²) in [7, 11) is 0. The molecule has 3 heteroatoms. The van der Waals surface area contributed by atoms with Crippen LogP contribution < -0.4 is 11.1 Å². The first-order chi connectivity index (χ1) is 7.00. The van der Waals surface area contributed by atoms with Crippen LogP contribution >= 0.6 is 0 Å². The van der Waals surface area contributed by atoms with Gasteiger partial charge in [0.2, 0.25) is 5.91 Å². The Balaban J connectivity index is 2.73. The number of nitrogens with one attached hydrogen (secondary N) is 1. The monoisotopic (exact) mass is 212 g/mol. The van der Waals surface area contributed by atoms with Gasteiger partial charge in [-0.05, 0) is 43.7 Å². The number of hydrogen-bond donors (Lipinski definition) is 2. The molecule has 1 rings (SSSR count). The van der Waals surface area contributed by atoms with Crippen molar-refractivity contribution in [2.24, 2.45) is 23.0 Å². The van der Waals surface area contributed by atoms with Crippen LogP contribution in [0, 0.1) is 17.3 Å². The maximum Gasteiger partial charge on any atom is 0.221 e. The lowest BCUT2D eigenvalue weighted by Gasteiger charge is -2.41.